The van der Waals surface area contributed by atoms with Crippen molar-refractivity contribution in [2.24, 2.45) is 0 Å². The third-order valence-corrected chi connectivity index (χ3v) is 5.62. The summed E-state index contributed by atoms with van der Waals surface area (Å²) in [5.41, 5.74) is 2.74. The van der Waals surface area contributed by atoms with Gasteiger partial charge in [0.2, 0.25) is 0 Å². The SMILES string of the molecule is CC(CS(C)=O)Nc1n[nH]c2cc(CC(=O)C[C@H](C)c3ccccc3)ncc12.O. The maximum Gasteiger partial charge on any atom is 0.157 e. The normalized spacial score (nSPS) is 14.0. The smallest absolute Gasteiger partial charge is 0.157 e. The number of anilines is 1. The van der Waals surface area contributed by atoms with Crippen LogP contribution in [-0.2, 0) is 22.0 Å². The number of carbonyl (C=O) groups is 1. The van der Waals surface area contributed by atoms with Crippen molar-refractivity contribution >= 4 is 33.3 Å². The maximum atomic E-state index is 12.5. The number of ketones is 1. The summed E-state index contributed by atoms with van der Waals surface area (Å²) < 4.78 is 11.4. The number of pyridine rings is 1. The van der Waals surface area contributed by atoms with Crippen molar-refractivity contribution in [3.8, 4) is 0 Å². The Kier molecular flexibility index (Phi) is 8.04. The number of fused-ring (bicyclic) bond motifs is 1. The molecule has 0 aliphatic carbocycles. The zero-order valence-corrected chi connectivity index (χ0v) is 17.8. The lowest BCUT2D eigenvalue weighted by atomic mass is 9.94. The first kappa shape index (κ1) is 22.7. The van der Waals surface area contributed by atoms with Crippen LogP contribution < -0.4 is 5.32 Å². The van der Waals surface area contributed by atoms with Crippen LogP contribution >= 0.6 is 0 Å². The molecule has 0 saturated heterocycles. The summed E-state index contributed by atoms with van der Waals surface area (Å²) in [6, 6.07) is 12.0. The molecule has 156 valence electrons. The molecular formula is C21H28N4O3S. The highest BCUT2D eigenvalue weighted by Gasteiger charge is 2.15. The first-order valence-electron chi connectivity index (χ1n) is 9.38. The third kappa shape index (κ3) is 6.20. The van der Waals surface area contributed by atoms with Crippen LogP contribution in [-0.4, -0.2) is 48.7 Å². The van der Waals surface area contributed by atoms with Crippen LogP contribution in [0.2, 0.25) is 0 Å². The molecule has 2 heterocycles. The van der Waals surface area contributed by atoms with Crippen molar-refractivity contribution in [3.63, 3.8) is 0 Å². The Bertz CT molecular complexity index is 974. The van der Waals surface area contributed by atoms with Gasteiger partial charge in [0.05, 0.1) is 10.9 Å². The zero-order valence-electron chi connectivity index (χ0n) is 16.9. The predicted molar refractivity (Wildman–Crippen MR) is 118 cm³/mol. The molecule has 0 bridgehead atoms. The van der Waals surface area contributed by atoms with Crippen LogP contribution in [0.15, 0.2) is 42.6 Å². The highest BCUT2D eigenvalue weighted by atomic mass is 32.2. The van der Waals surface area contributed by atoms with Gasteiger partial charge in [-0.15, -0.1) is 0 Å². The number of aromatic nitrogens is 3. The minimum Gasteiger partial charge on any atom is -0.412 e. The molecule has 2 unspecified atom stereocenters. The molecule has 3 aromatic rings. The molecule has 3 atom stereocenters. The van der Waals surface area contributed by atoms with E-state index in [1.54, 1.807) is 12.5 Å². The van der Waals surface area contributed by atoms with Gasteiger partial charge in [-0.3, -0.25) is 19.1 Å². The Morgan fingerprint density at radius 2 is 1.97 bits per heavy atom. The molecule has 0 fully saturated rings. The predicted octanol–water partition coefficient (Wildman–Crippen LogP) is 2.62. The molecule has 2 aromatic heterocycles. The largest absolute Gasteiger partial charge is 0.412 e. The lowest BCUT2D eigenvalue weighted by Gasteiger charge is -2.11. The van der Waals surface area contributed by atoms with E-state index in [-0.39, 0.29) is 23.2 Å². The Labute approximate surface area is 173 Å². The van der Waals surface area contributed by atoms with Gasteiger partial charge in [0, 0.05) is 53.6 Å². The molecule has 4 N–H and O–H groups in total. The lowest BCUT2D eigenvalue weighted by Crippen LogP contribution is -2.22. The summed E-state index contributed by atoms with van der Waals surface area (Å²) in [6.45, 7) is 4.04. The van der Waals surface area contributed by atoms with Crippen LogP contribution in [0.1, 0.15) is 37.4 Å². The fourth-order valence-electron chi connectivity index (χ4n) is 3.31. The number of Topliss-reactive ketones (excluding diaryl/α,β-unsaturated/α-hetero) is 1. The number of hydrogen-bond donors (Lipinski definition) is 2. The number of nitrogens with one attached hydrogen (secondary N) is 2. The van der Waals surface area contributed by atoms with E-state index < -0.39 is 10.8 Å². The topological polar surface area (TPSA) is 119 Å². The molecule has 0 saturated carbocycles. The van der Waals surface area contributed by atoms with Crippen LogP contribution in [0.5, 0.6) is 0 Å². The van der Waals surface area contributed by atoms with Gasteiger partial charge in [0.25, 0.3) is 0 Å². The highest BCUT2D eigenvalue weighted by molar-refractivity contribution is 7.84. The molecule has 29 heavy (non-hydrogen) atoms. The van der Waals surface area contributed by atoms with E-state index in [4.69, 9.17) is 0 Å². The van der Waals surface area contributed by atoms with Gasteiger partial charge in [-0.2, -0.15) is 5.10 Å². The molecule has 0 aliphatic heterocycles. The maximum absolute atomic E-state index is 12.5. The molecule has 3 rings (SSSR count). The van der Waals surface area contributed by atoms with E-state index in [0.29, 0.717) is 24.4 Å². The van der Waals surface area contributed by atoms with Gasteiger partial charge in [0.15, 0.2) is 5.82 Å². The van der Waals surface area contributed by atoms with Gasteiger partial charge in [-0.05, 0) is 24.5 Å². The molecular weight excluding hydrogens is 388 g/mol. The van der Waals surface area contributed by atoms with Crippen molar-refractivity contribution in [1.29, 1.82) is 0 Å². The summed E-state index contributed by atoms with van der Waals surface area (Å²) >= 11 is 0. The molecule has 1 aromatic carbocycles. The quantitative estimate of drug-likeness (QED) is 0.556. The number of rotatable bonds is 9. The number of hydrogen-bond acceptors (Lipinski definition) is 5. The van der Waals surface area contributed by atoms with Gasteiger partial charge in [-0.25, -0.2) is 0 Å². The summed E-state index contributed by atoms with van der Waals surface area (Å²) in [7, 11) is -0.874. The second-order valence-corrected chi connectivity index (χ2v) is 8.79. The van der Waals surface area contributed by atoms with Gasteiger partial charge in [-0.1, -0.05) is 37.3 Å². The van der Waals surface area contributed by atoms with Crippen LogP contribution in [0.4, 0.5) is 5.82 Å². The Hall–Kier alpha value is -2.58. The van der Waals surface area contributed by atoms with Crippen LogP contribution in [0.3, 0.4) is 0 Å². The van der Waals surface area contributed by atoms with E-state index in [1.165, 1.54) is 5.56 Å². The number of aromatic amines is 1. The summed E-state index contributed by atoms with van der Waals surface area (Å²) in [5.74, 6) is 1.59. The molecule has 0 spiro atoms. The number of H-pyrrole nitrogens is 1. The first-order chi connectivity index (χ1) is 13.4. The summed E-state index contributed by atoms with van der Waals surface area (Å²) in [6.07, 6.45) is 4.22. The van der Waals surface area contributed by atoms with Crippen molar-refractivity contribution in [2.75, 3.05) is 17.3 Å². The second-order valence-electron chi connectivity index (χ2n) is 7.31. The van der Waals surface area contributed by atoms with Crippen LogP contribution in [0, 0.1) is 0 Å². The molecule has 0 radical (unpaired) electrons. The first-order valence-corrected chi connectivity index (χ1v) is 11.1. The van der Waals surface area contributed by atoms with E-state index >= 15 is 0 Å². The van der Waals surface area contributed by atoms with Crippen molar-refractivity contribution in [1.82, 2.24) is 15.2 Å². The zero-order chi connectivity index (χ0) is 20.1. The summed E-state index contributed by atoms with van der Waals surface area (Å²) in [5, 5.41) is 11.4. The fourth-order valence-corrected chi connectivity index (χ4v) is 4.09. The summed E-state index contributed by atoms with van der Waals surface area (Å²) in [4.78, 5) is 16.9. The van der Waals surface area contributed by atoms with Gasteiger partial charge >= 0.3 is 0 Å². The second kappa shape index (κ2) is 10.3. The van der Waals surface area contributed by atoms with Crippen molar-refractivity contribution < 1.29 is 14.5 Å². The van der Waals surface area contributed by atoms with E-state index in [9.17, 15) is 9.00 Å². The Morgan fingerprint density at radius 3 is 2.66 bits per heavy atom. The highest BCUT2D eigenvalue weighted by Crippen LogP contribution is 2.23. The van der Waals surface area contributed by atoms with Crippen molar-refractivity contribution in [2.45, 2.75) is 38.6 Å². The molecule has 7 nitrogen and oxygen atoms in total. The Morgan fingerprint density at radius 1 is 1.24 bits per heavy atom. The molecule has 0 amide bonds. The van der Waals surface area contributed by atoms with Gasteiger partial charge in [0.1, 0.15) is 5.78 Å². The lowest BCUT2D eigenvalue weighted by molar-refractivity contribution is -0.118. The average molecular weight is 417 g/mol. The van der Waals surface area contributed by atoms with E-state index in [1.807, 2.05) is 31.2 Å². The average Bonchev–Trinajstić information content (AvgIpc) is 3.03. The van der Waals surface area contributed by atoms with Gasteiger partial charge < -0.3 is 10.8 Å². The standard InChI is InChI=1S/C21H26N4O2S.H2O/c1-14(16-7-5-4-6-8-16)9-18(26)10-17-11-20-19(12-22-17)21(25-24-20)23-15(2)13-28(3)27;/h4-8,11-12,14-15H,9-10,13H2,1-3H3,(H2,23,24,25);1H2/t14-,15?,28?;/m0./s1. The monoisotopic (exact) mass is 416 g/mol. The Balaban J connectivity index is 0.00000300. The number of benzene rings is 1. The van der Waals surface area contributed by atoms with Crippen molar-refractivity contribution in [3.05, 3.63) is 53.9 Å². The minimum atomic E-state index is -0.874. The van der Waals surface area contributed by atoms with E-state index in [2.05, 4.69) is 39.6 Å². The minimum absolute atomic E-state index is 0. The van der Waals surface area contributed by atoms with Crippen LogP contribution in [0.25, 0.3) is 10.9 Å². The molecule has 0 aliphatic rings. The molecule has 8 heteroatoms. The van der Waals surface area contributed by atoms with E-state index in [0.717, 1.165) is 16.6 Å². The third-order valence-electron chi connectivity index (χ3n) is 4.65. The number of carbonyl (C=O) groups excluding carboxylic acids is 1. The number of nitrogens with zero attached hydrogens (tertiary/aromatic N) is 2. The fraction of sp³-hybridized carbons (Fsp3) is 0.381.